The quantitative estimate of drug-likeness (QED) is 0.668. The van der Waals surface area contributed by atoms with E-state index in [1.165, 1.54) is 0 Å². The van der Waals surface area contributed by atoms with Crippen molar-refractivity contribution in [3.05, 3.63) is 0 Å². The largest absolute Gasteiger partial charge is 0.155 e. The number of hydrogen-bond acceptors (Lipinski definition) is 0. The highest BCUT2D eigenvalue weighted by Gasteiger charge is 2.84. The summed E-state index contributed by atoms with van der Waals surface area (Å²) in [7, 11) is 0. The molecule has 1 aliphatic rings. The molecular weight excluding hydrogens is 270 g/mol. The molecule has 1 saturated carbocycles. The summed E-state index contributed by atoms with van der Waals surface area (Å²) < 4.78 is -1.11. The van der Waals surface area contributed by atoms with Gasteiger partial charge in [0.05, 0.1) is 9.20 Å². The number of hydrogen-bond donors (Lipinski definition) is 0. The molecular formula is C7H10BrCl3. The molecule has 0 heterocycles. The van der Waals surface area contributed by atoms with E-state index < -0.39 is 9.21 Å². The van der Waals surface area contributed by atoms with Crippen molar-refractivity contribution in [3.8, 4) is 0 Å². The molecule has 0 aromatic rings. The summed E-state index contributed by atoms with van der Waals surface area (Å²) >= 11 is 21.8. The van der Waals surface area contributed by atoms with E-state index in [1.54, 1.807) is 0 Å². The summed E-state index contributed by atoms with van der Waals surface area (Å²) in [6.07, 6.45) is 1.62. The van der Waals surface area contributed by atoms with Gasteiger partial charge < -0.3 is 0 Å². The van der Waals surface area contributed by atoms with Crippen LogP contribution in [0.15, 0.2) is 0 Å². The van der Waals surface area contributed by atoms with E-state index in [9.17, 15) is 0 Å². The maximum atomic E-state index is 6.22. The molecule has 0 saturated heterocycles. The highest BCUT2D eigenvalue weighted by Crippen LogP contribution is 2.76. The Morgan fingerprint density at radius 2 is 1.55 bits per heavy atom. The maximum Gasteiger partial charge on any atom is 0.155 e. The standard InChI is InChI=1S/C7H10BrCl3/c1-3-5(8)6(9,4-2)7(5,10)11/h3-4H2,1-2H3. The molecule has 0 bridgehead atoms. The third-order valence-corrected chi connectivity index (χ3v) is 7.41. The van der Waals surface area contributed by atoms with Gasteiger partial charge in [-0.05, 0) is 12.8 Å². The third kappa shape index (κ3) is 0.948. The predicted molar refractivity (Wildman–Crippen MR) is 55.3 cm³/mol. The molecule has 1 rings (SSSR count). The van der Waals surface area contributed by atoms with Crippen LogP contribution < -0.4 is 0 Å². The maximum absolute atomic E-state index is 6.22. The molecule has 0 nitrogen and oxygen atoms in total. The highest BCUT2D eigenvalue weighted by molar-refractivity contribution is 9.10. The smallest absolute Gasteiger partial charge is 0.114 e. The van der Waals surface area contributed by atoms with Crippen LogP contribution in [0, 0.1) is 0 Å². The van der Waals surface area contributed by atoms with Crippen LogP contribution in [0.3, 0.4) is 0 Å². The Kier molecular flexibility index (Phi) is 2.53. The fourth-order valence-corrected chi connectivity index (χ4v) is 4.27. The van der Waals surface area contributed by atoms with Crippen LogP contribution >= 0.6 is 50.7 Å². The molecule has 2 atom stereocenters. The molecule has 0 aromatic carbocycles. The summed E-state index contributed by atoms with van der Waals surface area (Å²) in [5.74, 6) is 0. The molecule has 1 fully saturated rings. The van der Waals surface area contributed by atoms with Crippen LogP contribution in [0.25, 0.3) is 0 Å². The molecule has 0 aliphatic heterocycles. The Labute approximate surface area is 90.7 Å². The van der Waals surface area contributed by atoms with Crippen LogP contribution in [0.4, 0.5) is 0 Å². The molecule has 0 aromatic heterocycles. The molecule has 4 heteroatoms. The molecule has 0 amide bonds. The third-order valence-electron chi connectivity index (χ3n) is 2.54. The van der Waals surface area contributed by atoms with E-state index in [4.69, 9.17) is 34.8 Å². The Balaban J connectivity index is 2.91. The number of alkyl halides is 4. The fourth-order valence-electron chi connectivity index (χ4n) is 1.54. The first-order chi connectivity index (χ1) is 4.87. The van der Waals surface area contributed by atoms with Crippen molar-refractivity contribution in [1.29, 1.82) is 0 Å². The van der Waals surface area contributed by atoms with Crippen molar-refractivity contribution < 1.29 is 0 Å². The average Bonchev–Trinajstić information content (AvgIpc) is 2.32. The van der Waals surface area contributed by atoms with Gasteiger partial charge in [0.2, 0.25) is 0 Å². The van der Waals surface area contributed by atoms with Gasteiger partial charge in [-0.2, -0.15) is 0 Å². The van der Waals surface area contributed by atoms with Gasteiger partial charge in [-0.3, -0.25) is 0 Å². The predicted octanol–water partition coefficient (Wildman–Crippen LogP) is 4.11. The lowest BCUT2D eigenvalue weighted by Gasteiger charge is -2.07. The van der Waals surface area contributed by atoms with Gasteiger partial charge >= 0.3 is 0 Å². The summed E-state index contributed by atoms with van der Waals surface area (Å²) in [6.45, 7) is 4.01. The molecule has 0 spiro atoms. The Hall–Kier alpha value is 1.35. The first kappa shape index (κ1) is 10.4. The first-order valence-electron chi connectivity index (χ1n) is 3.63. The fraction of sp³-hybridized carbons (Fsp3) is 1.00. The molecule has 0 N–H and O–H groups in total. The monoisotopic (exact) mass is 278 g/mol. The zero-order valence-corrected chi connectivity index (χ0v) is 10.3. The van der Waals surface area contributed by atoms with Gasteiger partial charge in [-0.1, -0.05) is 53.0 Å². The SMILES string of the molecule is CCC1(Cl)C(Cl)(Cl)C1(Br)CC. The van der Waals surface area contributed by atoms with Crippen LogP contribution in [0.1, 0.15) is 26.7 Å². The molecule has 2 unspecified atom stereocenters. The Morgan fingerprint density at radius 1 is 1.09 bits per heavy atom. The minimum atomic E-state index is -0.814. The number of halogens is 4. The Bertz CT molecular complexity index is 165. The van der Waals surface area contributed by atoms with Gasteiger partial charge in [0.15, 0.2) is 4.33 Å². The summed E-state index contributed by atoms with van der Waals surface area (Å²) in [6, 6.07) is 0. The zero-order chi connectivity index (χ0) is 8.91. The van der Waals surface area contributed by atoms with Gasteiger partial charge in [0.1, 0.15) is 0 Å². The van der Waals surface area contributed by atoms with Gasteiger partial charge in [-0.15, -0.1) is 11.6 Å². The van der Waals surface area contributed by atoms with Crippen molar-refractivity contribution in [3.63, 3.8) is 0 Å². The highest BCUT2D eigenvalue weighted by atomic mass is 79.9. The second-order valence-electron chi connectivity index (χ2n) is 2.88. The van der Waals surface area contributed by atoms with Crippen LogP contribution in [0.5, 0.6) is 0 Å². The van der Waals surface area contributed by atoms with E-state index in [2.05, 4.69) is 15.9 Å². The number of rotatable bonds is 2. The lowest BCUT2D eigenvalue weighted by atomic mass is 10.2. The topological polar surface area (TPSA) is 0 Å². The van der Waals surface area contributed by atoms with E-state index >= 15 is 0 Å². The average molecular weight is 280 g/mol. The second-order valence-corrected chi connectivity index (χ2v) is 6.21. The summed E-state index contributed by atoms with van der Waals surface area (Å²) in [4.78, 5) is -0.488. The minimum absolute atomic E-state index is 0.299. The van der Waals surface area contributed by atoms with Crippen LogP contribution in [0.2, 0.25) is 0 Å². The molecule has 0 radical (unpaired) electrons. The van der Waals surface area contributed by atoms with Gasteiger partial charge in [0, 0.05) is 0 Å². The van der Waals surface area contributed by atoms with Crippen LogP contribution in [-0.4, -0.2) is 13.5 Å². The van der Waals surface area contributed by atoms with E-state index in [0.29, 0.717) is 0 Å². The molecule has 66 valence electrons. The summed E-state index contributed by atoms with van der Waals surface area (Å²) in [5.41, 5.74) is 0. The Morgan fingerprint density at radius 3 is 1.64 bits per heavy atom. The van der Waals surface area contributed by atoms with Gasteiger partial charge in [-0.25, -0.2) is 0 Å². The first-order valence-corrected chi connectivity index (χ1v) is 5.55. The van der Waals surface area contributed by atoms with Crippen molar-refractivity contribution in [2.45, 2.75) is 40.2 Å². The van der Waals surface area contributed by atoms with E-state index in [0.717, 1.165) is 12.8 Å². The zero-order valence-electron chi connectivity index (χ0n) is 6.43. The van der Waals surface area contributed by atoms with Crippen molar-refractivity contribution in [2.75, 3.05) is 0 Å². The molecule has 11 heavy (non-hydrogen) atoms. The van der Waals surface area contributed by atoms with E-state index in [-0.39, 0.29) is 4.32 Å². The van der Waals surface area contributed by atoms with Crippen molar-refractivity contribution in [1.82, 2.24) is 0 Å². The van der Waals surface area contributed by atoms with Crippen molar-refractivity contribution >= 4 is 50.7 Å². The lowest BCUT2D eigenvalue weighted by Crippen LogP contribution is -2.11. The van der Waals surface area contributed by atoms with Gasteiger partial charge in [0.25, 0.3) is 0 Å². The van der Waals surface area contributed by atoms with Crippen molar-refractivity contribution in [2.24, 2.45) is 0 Å². The lowest BCUT2D eigenvalue weighted by molar-refractivity contribution is 0.738. The van der Waals surface area contributed by atoms with E-state index in [1.807, 2.05) is 13.8 Å². The normalized spacial score (nSPS) is 47.5. The minimum Gasteiger partial charge on any atom is -0.114 e. The second kappa shape index (κ2) is 2.67. The molecule has 1 aliphatic carbocycles. The summed E-state index contributed by atoms with van der Waals surface area (Å²) in [5, 5.41) is 0. The van der Waals surface area contributed by atoms with Crippen LogP contribution in [-0.2, 0) is 0 Å².